The van der Waals surface area contributed by atoms with Crippen molar-refractivity contribution in [2.75, 3.05) is 4.90 Å². The average Bonchev–Trinajstić information content (AvgIpc) is 2.77. The molecule has 0 aliphatic carbocycles. The second-order valence-corrected chi connectivity index (χ2v) is 8.28. The molecule has 0 aromatic heterocycles. The molecule has 0 amide bonds. The van der Waals surface area contributed by atoms with E-state index >= 15 is 0 Å². The van der Waals surface area contributed by atoms with E-state index in [2.05, 4.69) is 0 Å². The van der Waals surface area contributed by atoms with Crippen LogP contribution in [0.4, 0.5) is 17.1 Å². The fourth-order valence-electron chi connectivity index (χ4n) is 3.79. The number of phenolic OH excluding ortho intramolecular Hbond substituents is 3. The van der Waals surface area contributed by atoms with Crippen molar-refractivity contribution in [3.8, 4) is 28.7 Å². The van der Waals surface area contributed by atoms with Crippen LogP contribution in [0.3, 0.4) is 0 Å². The van der Waals surface area contributed by atoms with Crippen molar-refractivity contribution in [1.82, 2.24) is 0 Å². The summed E-state index contributed by atoms with van der Waals surface area (Å²) in [5, 5.41) is 30.4. The molecule has 0 unspecified atom stereocenters. The smallest absolute Gasteiger partial charge is 0.133 e. The monoisotopic (exact) mass is 441 g/mol. The Morgan fingerprint density at radius 1 is 0.545 bits per heavy atom. The highest BCUT2D eigenvalue weighted by Gasteiger charge is 2.16. The second-order valence-electron chi connectivity index (χ2n) is 8.28. The maximum Gasteiger partial charge on any atom is 0.133 e. The number of nitrogens with zero attached hydrogens (tertiary/aromatic N) is 1. The Hall–Kier alpha value is -4.12. The topological polar surface area (TPSA) is 73.2 Å². The molecule has 5 heteroatoms. The zero-order valence-electron chi connectivity index (χ0n) is 19.1. The van der Waals surface area contributed by atoms with Crippen LogP contribution < -0.4 is 9.64 Å². The van der Waals surface area contributed by atoms with Crippen LogP contribution in [0.2, 0.25) is 0 Å². The normalized spacial score (nSPS) is 10.8. The van der Waals surface area contributed by atoms with Crippen LogP contribution in [0.15, 0.2) is 72.8 Å². The van der Waals surface area contributed by atoms with Gasteiger partial charge < -0.3 is 25.0 Å². The summed E-state index contributed by atoms with van der Waals surface area (Å²) >= 11 is 0. The van der Waals surface area contributed by atoms with E-state index < -0.39 is 0 Å². The average molecular weight is 442 g/mol. The molecule has 4 aromatic carbocycles. The Labute approximate surface area is 193 Å². The van der Waals surface area contributed by atoms with Gasteiger partial charge in [-0.05, 0) is 98.5 Å². The van der Waals surface area contributed by atoms with Gasteiger partial charge in [-0.1, -0.05) is 12.1 Å². The molecule has 0 atom stereocenters. The van der Waals surface area contributed by atoms with Gasteiger partial charge >= 0.3 is 0 Å². The molecule has 168 valence electrons. The molecule has 0 spiro atoms. The molecule has 0 heterocycles. The molecule has 3 N–H and O–H groups in total. The molecule has 0 bridgehead atoms. The third kappa shape index (κ3) is 4.58. The van der Waals surface area contributed by atoms with Crippen LogP contribution in [0.5, 0.6) is 28.7 Å². The summed E-state index contributed by atoms with van der Waals surface area (Å²) in [5.41, 5.74) is 5.64. The van der Waals surface area contributed by atoms with Gasteiger partial charge in [0, 0.05) is 29.2 Å². The first-order valence-corrected chi connectivity index (χ1v) is 10.7. The number of phenols is 3. The number of aromatic hydroxyl groups is 3. The Morgan fingerprint density at radius 2 is 1.00 bits per heavy atom. The lowest BCUT2D eigenvalue weighted by molar-refractivity contribution is 0.458. The van der Waals surface area contributed by atoms with Gasteiger partial charge in [-0.2, -0.15) is 0 Å². The first-order chi connectivity index (χ1) is 15.7. The number of rotatable bonds is 5. The number of aryl methyl sites for hydroxylation is 4. The number of benzene rings is 4. The van der Waals surface area contributed by atoms with E-state index in [4.69, 9.17) is 4.74 Å². The van der Waals surface area contributed by atoms with Crippen molar-refractivity contribution in [1.29, 1.82) is 0 Å². The third-order valence-corrected chi connectivity index (χ3v) is 5.66. The second kappa shape index (κ2) is 8.79. The largest absolute Gasteiger partial charge is 0.508 e. The lowest BCUT2D eigenvalue weighted by Gasteiger charge is -2.26. The molecule has 0 aliphatic heterocycles. The van der Waals surface area contributed by atoms with E-state index in [9.17, 15) is 15.3 Å². The van der Waals surface area contributed by atoms with Crippen LogP contribution in [0.25, 0.3) is 0 Å². The zero-order valence-corrected chi connectivity index (χ0v) is 19.1. The van der Waals surface area contributed by atoms with Gasteiger partial charge in [0.2, 0.25) is 0 Å². The van der Waals surface area contributed by atoms with Crippen LogP contribution in [-0.2, 0) is 0 Å². The van der Waals surface area contributed by atoms with E-state index in [-0.39, 0.29) is 17.2 Å². The van der Waals surface area contributed by atoms with Crippen LogP contribution in [0, 0.1) is 27.7 Å². The van der Waals surface area contributed by atoms with E-state index in [1.165, 1.54) is 0 Å². The van der Waals surface area contributed by atoms with Gasteiger partial charge in [0.15, 0.2) is 0 Å². The van der Waals surface area contributed by atoms with Gasteiger partial charge in [0.1, 0.15) is 28.7 Å². The standard InChI is InChI=1S/C28H27NO4/c1-17-5-7-22(15-26(17)31)29(23-8-6-18(2)27(32)16-23)21-9-11-25(12-10-21)33-28-19(3)13-24(30)14-20(28)4/h5-16,30-32H,1-4H3. The molecule has 0 aliphatic rings. The SMILES string of the molecule is Cc1ccc(N(c2ccc(Oc3c(C)cc(O)cc3C)cc2)c2ccc(C)c(O)c2)cc1O. The quantitative estimate of drug-likeness (QED) is 0.303. The first kappa shape index (κ1) is 22.1. The van der Waals surface area contributed by atoms with Crippen molar-refractivity contribution < 1.29 is 20.1 Å². The maximum absolute atomic E-state index is 10.3. The lowest BCUT2D eigenvalue weighted by Crippen LogP contribution is -2.10. The van der Waals surface area contributed by atoms with E-state index in [0.717, 1.165) is 39.3 Å². The van der Waals surface area contributed by atoms with E-state index in [1.54, 1.807) is 24.3 Å². The summed E-state index contributed by atoms with van der Waals surface area (Å²) in [5.74, 6) is 1.99. The fraction of sp³-hybridized carbons (Fsp3) is 0.143. The van der Waals surface area contributed by atoms with Gasteiger partial charge in [0.05, 0.1) is 0 Å². The fourth-order valence-corrected chi connectivity index (χ4v) is 3.79. The number of hydrogen-bond acceptors (Lipinski definition) is 5. The summed E-state index contributed by atoms with van der Waals surface area (Å²) in [4.78, 5) is 1.96. The van der Waals surface area contributed by atoms with Crippen molar-refractivity contribution in [2.24, 2.45) is 0 Å². The van der Waals surface area contributed by atoms with E-state index in [1.807, 2.05) is 81.1 Å². The molecule has 4 rings (SSSR count). The molecule has 5 nitrogen and oxygen atoms in total. The molecule has 0 saturated heterocycles. The minimum Gasteiger partial charge on any atom is -0.508 e. The summed E-state index contributed by atoms with van der Waals surface area (Å²) in [7, 11) is 0. The van der Waals surface area contributed by atoms with Crippen molar-refractivity contribution in [2.45, 2.75) is 27.7 Å². The Kier molecular flexibility index (Phi) is 5.88. The summed E-state index contributed by atoms with van der Waals surface area (Å²) in [6.07, 6.45) is 0. The molecule has 0 saturated carbocycles. The zero-order chi connectivity index (χ0) is 23.7. The summed E-state index contributed by atoms with van der Waals surface area (Å²) in [6, 6.07) is 21.9. The van der Waals surface area contributed by atoms with Crippen LogP contribution in [-0.4, -0.2) is 15.3 Å². The first-order valence-electron chi connectivity index (χ1n) is 10.7. The lowest BCUT2D eigenvalue weighted by atomic mass is 10.1. The summed E-state index contributed by atoms with van der Waals surface area (Å²) in [6.45, 7) is 7.49. The van der Waals surface area contributed by atoms with Crippen molar-refractivity contribution in [3.63, 3.8) is 0 Å². The molecular formula is C28H27NO4. The van der Waals surface area contributed by atoms with Crippen LogP contribution in [0.1, 0.15) is 22.3 Å². The highest BCUT2D eigenvalue weighted by Crippen LogP contribution is 2.40. The molecule has 33 heavy (non-hydrogen) atoms. The number of anilines is 3. The number of hydrogen-bond donors (Lipinski definition) is 3. The minimum atomic E-state index is 0.201. The van der Waals surface area contributed by atoms with Crippen molar-refractivity contribution >= 4 is 17.1 Å². The maximum atomic E-state index is 10.3. The molecule has 0 fully saturated rings. The van der Waals surface area contributed by atoms with Gasteiger partial charge in [-0.3, -0.25) is 0 Å². The molecular weight excluding hydrogens is 414 g/mol. The Morgan fingerprint density at radius 3 is 1.45 bits per heavy atom. The van der Waals surface area contributed by atoms with Gasteiger partial charge in [0.25, 0.3) is 0 Å². The van der Waals surface area contributed by atoms with Gasteiger partial charge in [-0.15, -0.1) is 0 Å². The minimum absolute atomic E-state index is 0.201. The van der Waals surface area contributed by atoms with Crippen molar-refractivity contribution in [3.05, 3.63) is 95.1 Å². The highest BCUT2D eigenvalue weighted by molar-refractivity contribution is 5.78. The third-order valence-electron chi connectivity index (χ3n) is 5.66. The highest BCUT2D eigenvalue weighted by atomic mass is 16.5. The van der Waals surface area contributed by atoms with E-state index in [0.29, 0.717) is 11.5 Å². The number of ether oxygens (including phenoxy) is 1. The predicted molar refractivity (Wildman–Crippen MR) is 132 cm³/mol. The van der Waals surface area contributed by atoms with Crippen LogP contribution >= 0.6 is 0 Å². The summed E-state index contributed by atoms with van der Waals surface area (Å²) < 4.78 is 6.10. The molecule has 4 aromatic rings. The van der Waals surface area contributed by atoms with Gasteiger partial charge in [-0.25, -0.2) is 0 Å². The predicted octanol–water partition coefficient (Wildman–Crippen LogP) is 7.30. The Bertz CT molecular complexity index is 1240. The molecule has 0 radical (unpaired) electrons. The Balaban J connectivity index is 1.73.